The van der Waals surface area contributed by atoms with Gasteiger partial charge in [0, 0.05) is 27.1 Å². The van der Waals surface area contributed by atoms with Gasteiger partial charge in [0.15, 0.2) is 0 Å². The van der Waals surface area contributed by atoms with Crippen LogP contribution in [-0.2, 0) is 47.5 Å². The predicted octanol–water partition coefficient (Wildman–Crippen LogP) is 0.992. The summed E-state index contributed by atoms with van der Waals surface area (Å²) in [5, 5.41) is 0. The first kappa shape index (κ1) is 28.7. The molecule has 0 aromatic carbocycles. The smallest absolute Gasteiger partial charge is 0.305 e. The van der Waals surface area contributed by atoms with Crippen LogP contribution in [0.3, 0.4) is 0 Å². The third kappa shape index (κ3) is 23.0. The van der Waals surface area contributed by atoms with Crippen LogP contribution in [0.15, 0.2) is 0 Å². The highest BCUT2D eigenvalue weighted by atomic mass is 16.6. The molecule has 0 bridgehead atoms. The largest absolute Gasteiger partial charge is 0.463 e. The van der Waals surface area contributed by atoms with E-state index in [9.17, 15) is 9.59 Å². The summed E-state index contributed by atoms with van der Waals surface area (Å²) >= 11 is 0. The highest BCUT2D eigenvalue weighted by Gasteiger charge is 2.06. The molecular formula is C20H38O10. The zero-order valence-electron chi connectivity index (χ0n) is 18.4. The molecule has 0 unspecified atom stereocenters. The molecule has 0 spiro atoms. The first-order valence-electron chi connectivity index (χ1n) is 10.3. The minimum Gasteiger partial charge on any atom is -0.463 e. The van der Waals surface area contributed by atoms with Gasteiger partial charge in [0.25, 0.3) is 0 Å². The molecule has 0 aliphatic heterocycles. The van der Waals surface area contributed by atoms with Crippen LogP contribution < -0.4 is 0 Å². The Kier molecular flexibility index (Phi) is 22.9. The number of esters is 2. The van der Waals surface area contributed by atoms with E-state index in [1.54, 1.807) is 14.2 Å². The average molecular weight is 439 g/mol. The fourth-order valence-electron chi connectivity index (χ4n) is 2.04. The van der Waals surface area contributed by atoms with E-state index in [-0.39, 0.29) is 38.0 Å². The molecule has 0 radical (unpaired) electrons. The van der Waals surface area contributed by atoms with Crippen molar-refractivity contribution in [1.29, 1.82) is 0 Å². The van der Waals surface area contributed by atoms with E-state index in [1.807, 2.05) is 0 Å². The maximum atomic E-state index is 11.6. The highest BCUT2D eigenvalue weighted by Crippen LogP contribution is 2.03. The monoisotopic (exact) mass is 438 g/mol. The van der Waals surface area contributed by atoms with Crippen molar-refractivity contribution in [3.05, 3.63) is 0 Å². The van der Waals surface area contributed by atoms with Crippen LogP contribution in [-0.4, -0.2) is 105 Å². The van der Waals surface area contributed by atoms with Crippen LogP contribution in [0.4, 0.5) is 0 Å². The number of carbonyl (C=O) groups excluding carboxylic acids is 2. The molecule has 0 saturated heterocycles. The molecule has 30 heavy (non-hydrogen) atoms. The number of hydrogen-bond donors (Lipinski definition) is 0. The molecule has 178 valence electrons. The summed E-state index contributed by atoms with van der Waals surface area (Å²) in [5.41, 5.74) is 0. The molecule has 0 amide bonds. The van der Waals surface area contributed by atoms with E-state index in [4.69, 9.17) is 37.9 Å². The molecule has 10 heteroatoms. The van der Waals surface area contributed by atoms with Crippen molar-refractivity contribution in [2.24, 2.45) is 0 Å². The molecule has 0 aromatic rings. The second-order valence-corrected chi connectivity index (χ2v) is 6.08. The molecule has 0 aliphatic rings. The van der Waals surface area contributed by atoms with Crippen LogP contribution in [0.25, 0.3) is 0 Å². The van der Waals surface area contributed by atoms with E-state index < -0.39 is 0 Å². The molecule has 0 fully saturated rings. The average Bonchev–Trinajstić information content (AvgIpc) is 2.74. The van der Waals surface area contributed by atoms with E-state index in [1.165, 1.54) is 0 Å². The number of rotatable bonds is 23. The summed E-state index contributed by atoms with van der Waals surface area (Å²) in [4.78, 5) is 23.2. The zero-order valence-corrected chi connectivity index (χ0v) is 18.4. The number of carbonyl (C=O) groups is 2. The molecular weight excluding hydrogens is 400 g/mol. The zero-order chi connectivity index (χ0) is 22.1. The molecule has 10 nitrogen and oxygen atoms in total. The van der Waals surface area contributed by atoms with Crippen LogP contribution in [0.1, 0.15) is 25.7 Å². The van der Waals surface area contributed by atoms with Gasteiger partial charge in [-0.15, -0.1) is 0 Å². The van der Waals surface area contributed by atoms with Gasteiger partial charge >= 0.3 is 11.9 Å². The Balaban J connectivity index is 3.29. The van der Waals surface area contributed by atoms with Crippen molar-refractivity contribution in [3.63, 3.8) is 0 Å². The first-order valence-corrected chi connectivity index (χ1v) is 10.3. The fourth-order valence-corrected chi connectivity index (χ4v) is 2.04. The SMILES string of the molecule is COCCOCCOCCOC(=O)CCCCC(=O)OCCOCCOCCOC. The van der Waals surface area contributed by atoms with Gasteiger partial charge in [0.05, 0.1) is 66.1 Å². The third-order valence-electron chi connectivity index (χ3n) is 3.60. The Morgan fingerprint density at radius 2 is 0.767 bits per heavy atom. The lowest BCUT2D eigenvalue weighted by molar-refractivity contribution is -0.147. The van der Waals surface area contributed by atoms with Gasteiger partial charge in [0.1, 0.15) is 13.2 Å². The van der Waals surface area contributed by atoms with Gasteiger partial charge in [-0.25, -0.2) is 0 Å². The summed E-state index contributed by atoms with van der Waals surface area (Å²) in [7, 11) is 3.23. The molecule has 0 aliphatic carbocycles. The second-order valence-electron chi connectivity index (χ2n) is 6.08. The van der Waals surface area contributed by atoms with Crippen LogP contribution in [0.2, 0.25) is 0 Å². The fraction of sp³-hybridized carbons (Fsp3) is 0.900. The third-order valence-corrected chi connectivity index (χ3v) is 3.60. The first-order chi connectivity index (χ1) is 14.7. The van der Waals surface area contributed by atoms with Crippen molar-refractivity contribution >= 4 is 11.9 Å². The Hall–Kier alpha value is -1.30. The minimum atomic E-state index is -0.301. The Morgan fingerprint density at radius 3 is 1.10 bits per heavy atom. The maximum Gasteiger partial charge on any atom is 0.305 e. The minimum absolute atomic E-state index is 0.205. The van der Waals surface area contributed by atoms with Gasteiger partial charge in [0.2, 0.25) is 0 Å². The number of unbranched alkanes of at least 4 members (excludes halogenated alkanes) is 1. The normalized spacial score (nSPS) is 10.9. The molecule has 0 N–H and O–H groups in total. The van der Waals surface area contributed by atoms with Crippen molar-refractivity contribution in [2.75, 3.05) is 93.5 Å². The van der Waals surface area contributed by atoms with Gasteiger partial charge < -0.3 is 37.9 Å². The molecule has 0 heterocycles. The Morgan fingerprint density at radius 1 is 0.467 bits per heavy atom. The van der Waals surface area contributed by atoms with Gasteiger partial charge in [-0.05, 0) is 12.8 Å². The lowest BCUT2D eigenvalue weighted by atomic mass is 10.2. The molecule has 0 atom stereocenters. The van der Waals surface area contributed by atoms with Crippen molar-refractivity contribution in [2.45, 2.75) is 25.7 Å². The highest BCUT2D eigenvalue weighted by molar-refractivity contribution is 5.70. The summed E-state index contributed by atoms with van der Waals surface area (Å²) in [6.45, 7) is 5.06. The number of hydrogen-bond acceptors (Lipinski definition) is 10. The van der Waals surface area contributed by atoms with Crippen LogP contribution >= 0.6 is 0 Å². The molecule has 0 rings (SSSR count). The van der Waals surface area contributed by atoms with Crippen molar-refractivity contribution < 1.29 is 47.5 Å². The van der Waals surface area contributed by atoms with E-state index in [2.05, 4.69) is 0 Å². The molecule has 0 saturated carbocycles. The van der Waals surface area contributed by atoms with E-state index >= 15 is 0 Å². The lowest BCUT2D eigenvalue weighted by Gasteiger charge is -2.07. The van der Waals surface area contributed by atoms with E-state index in [0.29, 0.717) is 78.9 Å². The van der Waals surface area contributed by atoms with Gasteiger partial charge in [-0.1, -0.05) is 0 Å². The van der Waals surface area contributed by atoms with Crippen LogP contribution in [0, 0.1) is 0 Å². The summed E-state index contributed by atoms with van der Waals surface area (Å²) in [6, 6.07) is 0. The van der Waals surface area contributed by atoms with E-state index in [0.717, 1.165) is 0 Å². The van der Waals surface area contributed by atoms with Crippen molar-refractivity contribution in [1.82, 2.24) is 0 Å². The summed E-state index contributed by atoms with van der Waals surface area (Å²) in [6.07, 6.45) is 1.66. The van der Waals surface area contributed by atoms with Crippen molar-refractivity contribution in [3.8, 4) is 0 Å². The Bertz CT molecular complexity index is 356. The second kappa shape index (κ2) is 24.0. The lowest BCUT2D eigenvalue weighted by Crippen LogP contribution is -2.14. The van der Waals surface area contributed by atoms with Gasteiger partial charge in [-0.3, -0.25) is 9.59 Å². The van der Waals surface area contributed by atoms with Gasteiger partial charge in [-0.2, -0.15) is 0 Å². The maximum absolute atomic E-state index is 11.6. The number of methoxy groups -OCH3 is 2. The molecule has 0 aromatic heterocycles. The number of ether oxygens (including phenoxy) is 8. The van der Waals surface area contributed by atoms with Crippen LogP contribution in [0.5, 0.6) is 0 Å². The topological polar surface area (TPSA) is 108 Å². The summed E-state index contributed by atoms with van der Waals surface area (Å²) < 4.78 is 40.8. The Labute approximate surface area is 179 Å². The quantitative estimate of drug-likeness (QED) is 0.169. The predicted molar refractivity (Wildman–Crippen MR) is 107 cm³/mol. The summed E-state index contributed by atoms with van der Waals surface area (Å²) in [5.74, 6) is -0.603. The standard InChI is InChI=1S/C20H38O10/c1-23-7-9-25-11-13-27-15-17-29-19(21)5-3-4-6-20(22)30-18-16-28-14-12-26-10-8-24-2/h3-18H2,1-2H3.